The van der Waals surface area contributed by atoms with Crippen molar-refractivity contribution in [2.24, 2.45) is 17.3 Å². The number of carbonyl (C=O) groups excluding carboxylic acids is 2. The van der Waals surface area contributed by atoms with Crippen molar-refractivity contribution in [3.8, 4) is 10.4 Å². The summed E-state index contributed by atoms with van der Waals surface area (Å²) in [5, 5.41) is 3.15. The van der Waals surface area contributed by atoms with Crippen molar-refractivity contribution in [3.63, 3.8) is 0 Å². The van der Waals surface area contributed by atoms with Crippen LogP contribution in [0.5, 0.6) is 0 Å². The SMILES string of the molecule is Cc1ncsc1-c1ccc([C@H](C)NC(=O)C2CCCN2C(=O)C(C(C)C)C(C)(C)C)cc1. The summed E-state index contributed by atoms with van der Waals surface area (Å²) >= 11 is 1.63. The van der Waals surface area contributed by atoms with E-state index in [1.807, 2.05) is 24.3 Å². The average Bonchev–Trinajstić information content (AvgIpc) is 3.35. The molecule has 5 nitrogen and oxygen atoms in total. The number of hydrogen-bond donors (Lipinski definition) is 1. The van der Waals surface area contributed by atoms with E-state index in [9.17, 15) is 9.59 Å². The van der Waals surface area contributed by atoms with Crippen LogP contribution in [0.1, 0.15) is 71.7 Å². The first-order valence-corrected chi connectivity index (χ1v) is 12.5. The van der Waals surface area contributed by atoms with E-state index in [1.54, 1.807) is 11.3 Å². The van der Waals surface area contributed by atoms with Crippen LogP contribution in [0.25, 0.3) is 10.4 Å². The van der Waals surface area contributed by atoms with Gasteiger partial charge < -0.3 is 10.2 Å². The summed E-state index contributed by atoms with van der Waals surface area (Å²) in [4.78, 5) is 33.9. The van der Waals surface area contributed by atoms with Crippen LogP contribution in [-0.4, -0.2) is 34.3 Å². The van der Waals surface area contributed by atoms with Gasteiger partial charge in [0.25, 0.3) is 0 Å². The molecule has 174 valence electrons. The van der Waals surface area contributed by atoms with Gasteiger partial charge in [0.15, 0.2) is 0 Å². The molecule has 1 N–H and O–H groups in total. The van der Waals surface area contributed by atoms with E-state index < -0.39 is 0 Å². The zero-order valence-electron chi connectivity index (χ0n) is 20.4. The molecule has 0 bridgehead atoms. The molecule has 2 unspecified atom stereocenters. The maximum atomic E-state index is 13.4. The zero-order valence-corrected chi connectivity index (χ0v) is 21.3. The molecule has 1 aromatic carbocycles. The minimum Gasteiger partial charge on any atom is -0.348 e. The predicted octanol–water partition coefficient (Wildman–Crippen LogP) is 5.61. The van der Waals surface area contributed by atoms with Crippen molar-refractivity contribution in [2.75, 3.05) is 6.54 Å². The van der Waals surface area contributed by atoms with Crippen LogP contribution in [0.15, 0.2) is 29.8 Å². The molecule has 1 aromatic heterocycles. The van der Waals surface area contributed by atoms with Gasteiger partial charge in [0, 0.05) is 12.5 Å². The van der Waals surface area contributed by atoms with Crippen LogP contribution in [-0.2, 0) is 9.59 Å². The first-order valence-electron chi connectivity index (χ1n) is 11.6. The number of benzene rings is 1. The minimum absolute atomic E-state index is 0.0536. The van der Waals surface area contributed by atoms with Gasteiger partial charge in [0.2, 0.25) is 11.8 Å². The fourth-order valence-corrected chi connectivity index (χ4v) is 5.84. The molecule has 1 aliphatic rings. The van der Waals surface area contributed by atoms with Crippen molar-refractivity contribution >= 4 is 23.2 Å². The number of amides is 2. The Balaban J connectivity index is 1.69. The van der Waals surface area contributed by atoms with E-state index in [0.29, 0.717) is 6.54 Å². The fourth-order valence-electron chi connectivity index (χ4n) is 5.03. The molecular formula is C26H37N3O2S. The quantitative estimate of drug-likeness (QED) is 0.616. The molecule has 3 rings (SSSR count). The predicted molar refractivity (Wildman–Crippen MR) is 131 cm³/mol. The second kappa shape index (κ2) is 9.74. The lowest BCUT2D eigenvalue weighted by Crippen LogP contribution is -2.51. The van der Waals surface area contributed by atoms with Gasteiger partial charge >= 0.3 is 0 Å². The molecule has 2 heterocycles. The maximum Gasteiger partial charge on any atom is 0.243 e. The number of hydrogen-bond acceptors (Lipinski definition) is 4. The summed E-state index contributed by atoms with van der Waals surface area (Å²) in [5.41, 5.74) is 4.95. The molecule has 0 radical (unpaired) electrons. The molecule has 2 aromatic rings. The van der Waals surface area contributed by atoms with Gasteiger partial charge in [-0.15, -0.1) is 11.3 Å². The Hall–Kier alpha value is -2.21. The number of thiazole rings is 1. The Bertz CT molecular complexity index is 943. The molecule has 0 spiro atoms. The third-order valence-electron chi connectivity index (χ3n) is 6.48. The van der Waals surface area contributed by atoms with Crippen LogP contribution < -0.4 is 5.32 Å². The smallest absolute Gasteiger partial charge is 0.243 e. The zero-order chi connectivity index (χ0) is 23.6. The lowest BCUT2D eigenvalue weighted by molar-refractivity contribution is -0.146. The number of aromatic nitrogens is 1. The summed E-state index contributed by atoms with van der Waals surface area (Å²) in [6.45, 7) is 15.2. The highest BCUT2D eigenvalue weighted by Gasteiger charge is 2.42. The summed E-state index contributed by atoms with van der Waals surface area (Å²) in [6, 6.07) is 7.78. The lowest BCUT2D eigenvalue weighted by Gasteiger charge is -2.37. The van der Waals surface area contributed by atoms with E-state index in [-0.39, 0.29) is 41.1 Å². The Morgan fingerprint density at radius 2 is 1.81 bits per heavy atom. The third kappa shape index (κ3) is 5.22. The van der Waals surface area contributed by atoms with Crippen molar-refractivity contribution in [2.45, 2.75) is 73.4 Å². The van der Waals surface area contributed by atoms with Crippen LogP contribution in [0.2, 0.25) is 0 Å². The van der Waals surface area contributed by atoms with Crippen LogP contribution >= 0.6 is 11.3 Å². The van der Waals surface area contributed by atoms with E-state index in [1.165, 1.54) is 4.88 Å². The van der Waals surface area contributed by atoms with Gasteiger partial charge in [-0.05, 0) is 49.1 Å². The molecule has 1 saturated heterocycles. The summed E-state index contributed by atoms with van der Waals surface area (Å²) in [7, 11) is 0. The number of likely N-dealkylation sites (tertiary alicyclic amines) is 1. The first-order chi connectivity index (χ1) is 15.0. The van der Waals surface area contributed by atoms with Crippen molar-refractivity contribution < 1.29 is 9.59 Å². The summed E-state index contributed by atoms with van der Waals surface area (Å²) in [5.74, 6) is 0.187. The Morgan fingerprint density at radius 1 is 1.16 bits per heavy atom. The molecule has 6 heteroatoms. The second-order valence-electron chi connectivity index (χ2n) is 10.4. The van der Waals surface area contributed by atoms with Gasteiger partial charge in [-0.2, -0.15) is 0 Å². The van der Waals surface area contributed by atoms with Gasteiger partial charge in [-0.25, -0.2) is 4.98 Å². The van der Waals surface area contributed by atoms with Gasteiger partial charge in [-0.1, -0.05) is 58.9 Å². The lowest BCUT2D eigenvalue weighted by atomic mass is 9.73. The molecule has 3 atom stereocenters. The second-order valence-corrected chi connectivity index (χ2v) is 11.3. The normalized spacial score (nSPS) is 18.6. The Labute approximate surface area is 196 Å². The van der Waals surface area contributed by atoms with E-state index in [2.05, 4.69) is 69.2 Å². The monoisotopic (exact) mass is 455 g/mol. The van der Waals surface area contributed by atoms with Gasteiger partial charge in [0.05, 0.1) is 22.1 Å². The third-order valence-corrected chi connectivity index (χ3v) is 7.46. The molecule has 1 aliphatic heterocycles. The number of nitrogens with one attached hydrogen (secondary N) is 1. The van der Waals surface area contributed by atoms with E-state index >= 15 is 0 Å². The molecular weight excluding hydrogens is 418 g/mol. The molecule has 0 aliphatic carbocycles. The van der Waals surface area contributed by atoms with Gasteiger partial charge in [-0.3, -0.25) is 9.59 Å². The van der Waals surface area contributed by atoms with E-state index in [0.717, 1.165) is 29.7 Å². The Morgan fingerprint density at radius 3 is 2.34 bits per heavy atom. The highest BCUT2D eigenvalue weighted by Crippen LogP contribution is 2.35. The van der Waals surface area contributed by atoms with Crippen LogP contribution in [0, 0.1) is 24.2 Å². The molecule has 32 heavy (non-hydrogen) atoms. The topological polar surface area (TPSA) is 62.3 Å². The van der Waals surface area contributed by atoms with E-state index in [4.69, 9.17) is 0 Å². The average molecular weight is 456 g/mol. The molecule has 0 saturated carbocycles. The fraction of sp³-hybridized carbons (Fsp3) is 0.577. The first kappa shape index (κ1) is 24.4. The minimum atomic E-state index is -0.382. The summed E-state index contributed by atoms with van der Waals surface area (Å²) < 4.78 is 0. The van der Waals surface area contributed by atoms with Crippen LogP contribution in [0.3, 0.4) is 0 Å². The highest BCUT2D eigenvalue weighted by atomic mass is 32.1. The van der Waals surface area contributed by atoms with Gasteiger partial charge in [0.1, 0.15) is 6.04 Å². The molecule has 2 amide bonds. The Kier molecular flexibility index (Phi) is 7.43. The highest BCUT2D eigenvalue weighted by molar-refractivity contribution is 7.13. The summed E-state index contributed by atoms with van der Waals surface area (Å²) in [6.07, 6.45) is 1.60. The standard InChI is InChI=1S/C26H37N3O2S/c1-16(2)22(26(5,6)7)25(31)29-14-8-9-21(29)24(30)28-17(3)19-10-12-20(13-11-19)23-18(4)27-15-32-23/h10-13,15-17,21-22H,8-9,14H2,1-7H3,(H,28,30)/t17-,21?,22?/m0/s1. The molecule has 1 fully saturated rings. The number of aryl methyl sites for hydroxylation is 1. The van der Waals surface area contributed by atoms with Crippen molar-refractivity contribution in [1.29, 1.82) is 0 Å². The van der Waals surface area contributed by atoms with Crippen molar-refractivity contribution in [3.05, 3.63) is 41.0 Å². The number of carbonyl (C=O) groups is 2. The number of rotatable bonds is 6. The number of nitrogens with zero attached hydrogens (tertiary/aromatic N) is 2. The largest absolute Gasteiger partial charge is 0.348 e. The van der Waals surface area contributed by atoms with Crippen molar-refractivity contribution in [1.82, 2.24) is 15.2 Å². The van der Waals surface area contributed by atoms with Crippen LogP contribution in [0.4, 0.5) is 0 Å². The maximum absolute atomic E-state index is 13.4.